The summed E-state index contributed by atoms with van der Waals surface area (Å²) in [4.78, 5) is 37.6. The summed E-state index contributed by atoms with van der Waals surface area (Å²) in [7, 11) is 5.94. The Morgan fingerprint density at radius 1 is 0.323 bits per heavy atom. The number of nitrogens with zero attached hydrogens (tertiary/aromatic N) is 1. The molecule has 0 aliphatic rings. The van der Waals surface area contributed by atoms with Crippen LogP contribution in [0.2, 0.25) is 0 Å². The van der Waals surface area contributed by atoms with E-state index in [2.05, 4.69) is 135 Å². The Morgan fingerprint density at radius 3 is 0.860 bits per heavy atom. The zero-order chi connectivity index (χ0) is 67.5. The van der Waals surface area contributed by atoms with Gasteiger partial charge >= 0.3 is 11.9 Å². The molecule has 0 fully saturated rings. The Kier molecular flexibility index (Phi) is 70.1. The lowest BCUT2D eigenvalue weighted by molar-refractivity contribution is -0.870. The van der Waals surface area contributed by atoms with E-state index in [1.807, 2.05) is 21.1 Å². The minimum atomic E-state index is -1.63. The van der Waals surface area contributed by atoms with E-state index in [0.29, 0.717) is 17.4 Å². The molecule has 93 heavy (non-hydrogen) atoms. The second kappa shape index (κ2) is 73.5. The van der Waals surface area contributed by atoms with Gasteiger partial charge in [0.15, 0.2) is 12.4 Å². The monoisotopic (exact) mass is 1300 g/mol. The van der Waals surface area contributed by atoms with Gasteiger partial charge in [-0.1, -0.05) is 341 Å². The Morgan fingerprint density at radius 2 is 0.581 bits per heavy atom. The summed E-state index contributed by atoms with van der Waals surface area (Å²) in [6.45, 7) is 4.55. The maximum Gasteiger partial charge on any atom is 0.306 e. The first kappa shape index (κ1) is 88.7. The molecular weight excluding hydrogens is 1150 g/mol. The second-order valence-electron chi connectivity index (χ2n) is 26.9. The summed E-state index contributed by atoms with van der Waals surface area (Å²) in [6.07, 6.45) is 102. The van der Waals surface area contributed by atoms with Crippen molar-refractivity contribution >= 4 is 17.9 Å². The van der Waals surface area contributed by atoms with E-state index in [-0.39, 0.29) is 38.6 Å². The summed E-state index contributed by atoms with van der Waals surface area (Å²) in [5.74, 6) is -2.27. The van der Waals surface area contributed by atoms with Crippen molar-refractivity contribution in [2.24, 2.45) is 0 Å². The van der Waals surface area contributed by atoms with Crippen LogP contribution in [0.4, 0.5) is 0 Å². The minimum Gasteiger partial charge on any atom is -0.545 e. The number of carbonyl (C=O) groups is 3. The van der Waals surface area contributed by atoms with Crippen molar-refractivity contribution in [1.29, 1.82) is 0 Å². The van der Waals surface area contributed by atoms with Gasteiger partial charge in [-0.05, 0) is 103 Å². The van der Waals surface area contributed by atoms with E-state index >= 15 is 0 Å². The number of esters is 2. The van der Waals surface area contributed by atoms with Crippen LogP contribution in [-0.4, -0.2) is 82.3 Å². The van der Waals surface area contributed by atoms with Gasteiger partial charge < -0.3 is 33.3 Å². The van der Waals surface area contributed by atoms with Crippen LogP contribution in [0.3, 0.4) is 0 Å². The summed E-state index contributed by atoms with van der Waals surface area (Å²) in [5, 5.41) is 11.9. The third-order valence-electron chi connectivity index (χ3n) is 16.7. The molecule has 0 aliphatic carbocycles. The molecule has 0 N–H and O–H groups in total. The molecule has 0 aromatic rings. The maximum absolute atomic E-state index is 13.0. The van der Waals surface area contributed by atoms with Crippen molar-refractivity contribution in [2.45, 2.75) is 347 Å². The molecule has 2 atom stereocenters. The van der Waals surface area contributed by atoms with Gasteiger partial charge in [-0.15, -0.1) is 0 Å². The molecule has 0 bridgehead atoms. The molecule has 0 heterocycles. The van der Waals surface area contributed by atoms with Gasteiger partial charge in [0.25, 0.3) is 0 Å². The number of rotatable bonds is 71. The van der Waals surface area contributed by atoms with Crippen molar-refractivity contribution in [3.63, 3.8) is 0 Å². The van der Waals surface area contributed by atoms with E-state index in [1.165, 1.54) is 205 Å². The fourth-order valence-corrected chi connectivity index (χ4v) is 10.9. The quantitative estimate of drug-likeness (QED) is 0.0195. The van der Waals surface area contributed by atoms with Crippen molar-refractivity contribution in [1.82, 2.24) is 0 Å². The minimum absolute atomic E-state index is 0.145. The molecular formula is C84H145NO8. The number of aliphatic carboxylic acids is 1. The third kappa shape index (κ3) is 74.9. The number of likely N-dealkylation sites (N-methyl/N-ethyl adjacent to an activating group) is 1. The summed E-state index contributed by atoms with van der Waals surface area (Å²) >= 11 is 0. The van der Waals surface area contributed by atoms with E-state index in [1.54, 1.807) is 0 Å². The number of ether oxygens (including phenoxy) is 4. The second-order valence-corrected chi connectivity index (χ2v) is 26.9. The van der Waals surface area contributed by atoms with Crippen LogP contribution < -0.4 is 5.11 Å². The molecule has 0 amide bonds. The van der Waals surface area contributed by atoms with Crippen molar-refractivity contribution < 1.29 is 42.9 Å². The van der Waals surface area contributed by atoms with Crippen LogP contribution in [0.15, 0.2) is 122 Å². The van der Waals surface area contributed by atoms with Crippen molar-refractivity contribution in [3.05, 3.63) is 122 Å². The smallest absolute Gasteiger partial charge is 0.306 e. The van der Waals surface area contributed by atoms with Crippen LogP contribution >= 0.6 is 0 Å². The number of unbranched alkanes of at least 4 members (excludes halogenated alkanes) is 36. The van der Waals surface area contributed by atoms with E-state index in [0.717, 1.165) is 96.3 Å². The number of carbonyl (C=O) groups excluding carboxylic acids is 3. The zero-order valence-electron chi connectivity index (χ0n) is 61.1. The van der Waals surface area contributed by atoms with Gasteiger partial charge in [-0.3, -0.25) is 9.59 Å². The SMILES string of the molecule is CC/C=C\C/C=C\C/C=C\C/C=C\C/C=C\CCCCCCCCCCCCCCCCCCCCCCCCCC(=O)OC(COC(=O)CCCCCCCCCCCCCCC/C=C\C/C=C\C/C=C\C/C=C\C/C=C\CC)COC(OCC[N+](C)(C)C)C(=O)[O-]. The molecule has 534 valence electrons. The lowest BCUT2D eigenvalue weighted by Crippen LogP contribution is -2.44. The Labute approximate surface area is 574 Å². The highest BCUT2D eigenvalue weighted by molar-refractivity contribution is 5.70. The van der Waals surface area contributed by atoms with Crippen LogP contribution in [0.25, 0.3) is 0 Å². The predicted molar refractivity (Wildman–Crippen MR) is 398 cm³/mol. The van der Waals surface area contributed by atoms with Gasteiger partial charge in [0, 0.05) is 12.8 Å². The average Bonchev–Trinajstić information content (AvgIpc) is 3.38. The lowest BCUT2D eigenvalue weighted by atomic mass is 10.0. The summed E-state index contributed by atoms with van der Waals surface area (Å²) in [6, 6.07) is 0. The standard InChI is InChI=1S/C84H145NO8/c1-6-8-10-12-14-16-18-20-22-24-26-28-30-32-34-36-37-38-39-40-41-42-43-44-45-47-49-51-53-55-57-59-61-63-65-67-69-71-73-75-82(87)93-80(79-92-84(83(88)89)90-77-76-85(3,4)5)78-91-81(86)74-72-70-68-66-64-62-60-58-56-54-52-50-48-46-35-33-31-29-27-25-23-21-19-17-15-13-11-9-7-2/h8-11,14-17,20-23,26-29,32-35,80,84H,6-7,12-13,18-19,24-25,30-31,36-79H2,1-5H3/b10-8-,11-9-,16-14-,17-15-,22-20-,23-21-,28-26-,29-27-,34-32-,35-33-. The van der Waals surface area contributed by atoms with E-state index in [4.69, 9.17) is 18.9 Å². The third-order valence-corrected chi connectivity index (χ3v) is 16.7. The number of hydrogen-bond donors (Lipinski definition) is 0. The lowest BCUT2D eigenvalue weighted by Gasteiger charge is -2.26. The van der Waals surface area contributed by atoms with E-state index in [9.17, 15) is 19.5 Å². The fourth-order valence-electron chi connectivity index (χ4n) is 10.9. The molecule has 2 unspecified atom stereocenters. The molecule has 0 saturated carbocycles. The topological polar surface area (TPSA) is 111 Å². The normalized spacial score (nSPS) is 13.3. The summed E-state index contributed by atoms with van der Waals surface area (Å²) in [5.41, 5.74) is 0. The predicted octanol–water partition coefficient (Wildman–Crippen LogP) is 23.4. The first-order chi connectivity index (χ1) is 45.6. The Bertz CT molecular complexity index is 1950. The number of carboxylic acid groups (broad SMARTS) is 1. The first-order valence-corrected chi connectivity index (χ1v) is 38.7. The number of hydrogen-bond acceptors (Lipinski definition) is 8. The Balaban J connectivity index is 4.02. The van der Waals surface area contributed by atoms with Crippen LogP contribution in [-0.2, 0) is 33.3 Å². The summed E-state index contributed by atoms with van der Waals surface area (Å²) < 4.78 is 22.9. The molecule has 0 radical (unpaired) electrons. The van der Waals surface area contributed by atoms with Crippen LogP contribution in [0.5, 0.6) is 0 Å². The number of quaternary nitrogens is 1. The molecule has 9 nitrogen and oxygen atoms in total. The zero-order valence-corrected chi connectivity index (χ0v) is 61.1. The van der Waals surface area contributed by atoms with Crippen LogP contribution in [0.1, 0.15) is 335 Å². The molecule has 0 aromatic heterocycles. The maximum atomic E-state index is 13.0. The van der Waals surface area contributed by atoms with Gasteiger partial charge in [-0.2, -0.15) is 0 Å². The van der Waals surface area contributed by atoms with Crippen molar-refractivity contribution in [3.8, 4) is 0 Å². The average molecular weight is 1300 g/mol. The highest BCUT2D eigenvalue weighted by Gasteiger charge is 2.22. The Hall–Kier alpha value is -4.31. The highest BCUT2D eigenvalue weighted by Crippen LogP contribution is 2.18. The molecule has 0 spiro atoms. The molecule has 0 saturated heterocycles. The van der Waals surface area contributed by atoms with Crippen LogP contribution in [0, 0.1) is 0 Å². The van der Waals surface area contributed by atoms with Crippen molar-refractivity contribution in [2.75, 3.05) is 47.5 Å². The number of allylic oxidation sites excluding steroid dienone is 20. The molecule has 0 aromatic carbocycles. The van der Waals surface area contributed by atoms with Gasteiger partial charge in [0.1, 0.15) is 13.2 Å². The van der Waals surface area contributed by atoms with Gasteiger partial charge in [-0.25, -0.2) is 0 Å². The number of carboxylic acids is 1. The first-order valence-electron chi connectivity index (χ1n) is 38.7. The molecule has 0 aliphatic heterocycles. The van der Waals surface area contributed by atoms with E-state index < -0.39 is 24.3 Å². The molecule has 9 heteroatoms. The van der Waals surface area contributed by atoms with Gasteiger partial charge in [0.05, 0.1) is 40.3 Å². The largest absolute Gasteiger partial charge is 0.545 e. The molecule has 0 rings (SSSR count). The fraction of sp³-hybridized carbons (Fsp3) is 0.726. The highest BCUT2D eigenvalue weighted by atomic mass is 16.7. The van der Waals surface area contributed by atoms with Gasteiger partial charge in [0.2, 0.25) is 0 Å².